The van der Waals surface area contributed by atoms with Crippen molar-refractivity contribution in [2.75, 3.05) is 0 Å². The van der Waals surface area contributed by atoms with Crippen molar-refractivity contribution in [1.82, 2.24) is 9.72 Å². The Morgan fingerprint density at radius 3 is 2.86 bits per heavy atom. The lowest BCUT2D eigenvalue weighted by molar-refractivity contribution is -0.140. The number of carbonyl (C=O) groups is 1. The highest BCUT2D eigenvalue weighted by Gasteiger charge is 2.19. The molecule has 0 amide bonds. The van der Waals surface area contributed by atoms with Gasteiger partial charge in [0.15, 0.2) is 0 Å². The molecule has 1 unspecified atom stereocenters. The first-order chi connectivity index (χ1) is 10.0. The maximum atomic E-state index is 11.3. The minimum Gasteiger partial charge on any atom is -0.480 e. The maximum Gasteiger partial charge on any atom is 0.320 e. The van der Waals surface area contributed by atoms with E-state index in [1.807, 2.05) is 48.8 Å². The Hall–Kier alpha value is -2.32. The normalized spacial score (nSPS) is 12.5. The van der Waals surface area contributed by atoms with Crippen molar-refractivity contribution >= 4 is 11.5 Å². The molecule has 0 aliphatic rings. The van der Waals surface area contributed by atoms with E-state index < -0.39 is 12.0 Å². The second-order valence-electron chi connectivity index (χ2n) is 5.54. The molecule has 1 atom stereocenters. The molecule has 0 saturated heterocycles. The zero-order valence-corrected chi connectivity index (χ0v) is 12.2. The average molecular weight is 285 g/mol. The SMILES string of the molecule is CC(C)CC(NCc1cn2ccccc2c1C#N)C(=O)O. The molecule has 2 heterocycles. The van der Waals surface area contributed by atoms with Gasteiger partial charge in [0.1, 0.15) is 12.1 Å². The van der Waals surface area contributed by atoms with Crippen LogP contribution in [0.1, 0.15) is 31.4 Å². The molecule has 110 valence electrons. The molecular formula is C16H19N3O2. The minimum absolute atomic E-state index is 0.294. The number of nitrogens with zero attached hydrogens (tertiary/aromatic N) is 2. The van der Waals surface area contributed by atoms with Crippen molar-refractivity contribution in [2.24, 2.45) is 5.92 Å². The van der Waals surface area contributed by atoms with Crippen molar-refractivity contribution in [2.45, 2.75) is 32.9 Å². The summed E-state index contributed by atoms with van der Waals surface area (Å²) in [6.07, 6.45) is 4.31. The lowest BCUT2D eigenvalue weighted by Gasteiger charge is -2.16. The first-order valence-electron chi connectivity index (χ1n) is 6.97. The highest BCUT2D eigenvalue weighted by Crippen LogP contribution is 2.18. The fraction of sp³-hybridized carbons (Fsp3) is 0.375. The number of hydrogen-bond acceptors (Lipinski definition) is 3. The molecule has 5 heteroatoms. The van der Waals surface area contributed by atoms with Crippen molar-refractivity contribution < 1.29 is 9.90 Å². The highest BCUT2D eigenvalue weighted by atomic mass is 16.4. The molecule has 0 radical (unpaired) electrons. The van der Waals surface area contributed by atoms with Gasteiger partial charge in [-0.25, -0.2) is 0 Å². The van der Waals surface area contributed by atoms with Crippen LogP contribution in [-0.4, -0.2) is 21.5 Å². The third kappa shape index (κ3) is 3.41. The van der Waals surface area contributed by atoms with Crippen LogP contribution >= 0.6 is 0 Å². The number of carboxylic acids is 1. The summed E-state index contributed by atoms with van der Waals surface area (Å²) in [4.78, 5) is 11.3. The Labute approximate surface area is 123 Å². The van der Waals surface area contributed by atoms with Crippen LogP contribution in [0.5, 0.6) is 0 Å². The van der Waals surface area contributed by atoms with Gasteiger partial charge in [-0.2, -0.15) is 5.26 Å². The van der Waals surface area contributed by atoms with Gasteiger partial charge < -0.3 is 14.8 Å². The highest BCUT2D eigenvalue weighted by molar-refractivity contribution is 5.73. The third-order valence-corrected chi connectivity index (χ3v) is 3.42. The van der Waals surface area contributed by atoms with Crippen LogP contribution in [0, 0.1) is 17.2 Å². The molecule has 2 aromatic rings. The molecule has 2 rings (SSSR count). The summed E-state index contributed by atoms with van der Waals surface area (Å²) < 4.78 is 1.88. The molecule has 2 aromatic heterocycles. The van der Waals surface area contributed by atoms with Gasteiger partial charge in [0.05, 0.1) is 11.1 Å². The van der Waals surface area contributed by atoms with Crippen LogP contribution in [0.3, 0.4) is 0 Å². The zero-order chi connectivity index (χ0) is 15.4. The number of aliphatic carboxylic acids is 1. The molecule has 21 heavy (non-hydrogen) atoms. The molecule has 2 N–H and O–H groups in total. The van der Waals surface area contributed by atoms with E-state index in [0.29, 0.717) is 24.4 Å². The molecule has 0 aromatic carbocycles. The Bertz CT molecular complexity index is 682. The summed E-state index contributed by atoms with van der Waals surface area (Å²) in [5, 5.41) is 21.6. The fourth-order valence-electron chi connectivity index (χ4n) is 2.42. The Morgan fingerprint density at radius 2 is 2.24 bits per heavy atom. The molecular weight excluding hydrogens is 266 g/mol. The topological polar surface area (TPSA) is 77.5 Å². The third-order valence-electron chi connectivity index (χ3n) is 3.42. The fourth-order valence-corrected chi connectivity index (χ4v) is 2.42. The van der Waals surface area contributed by atoms with E-state index in [2.05, 4.69) is 11.4 Å². The summed E-state index contributed by atoms with van der Waals surface area (Å²) in [6, 6.07) is 7.26. The number of nitrogens with one attached hydrogen (secondary N) is 1. The van der Waals surface area contributed by atoms with Gasteiger partial charge in [-0.15, -0.1) is 0 Å². The number of pyridine rings is 1. The number of nitriles is 1. The second-order valence-corrected chi connectivity index (χ2v) is 5.54. The van der Waals surface area contributed by atoms with Crippen molar-refractivity contribution in [3.05, 3.63) is 41.7 Å². The lowest BCUT2D eigenvalue weighted by atomic mass is 10.0. The van der Waals surface area contributed by atoms with E-state index in [1.165, 1.54) is 0 Å². The summed E-state index contributed by atoms with van der Waals surface area (Å²) in [5.41, 5.74) is 2.25. The number of aromatic nitrogens is 1. The van der Waals surface area contributed by atoms with E-state index in [0.717, 1.165) is 11.1 Å². The van der Waals surface area contributed by atoms with E-state index in [1.54, 1.807) is 0 Å². The van der Waals surface area contributed by atoms with Gasteiger partial charge in [0.2, 0.25) is 0 Å². The average Bonchev–Trinajstić information content (AvgIpc) is 2.80. The van der Waals surface area contributed by atoms with Gasteiger partial charge in [0, 0.05) is 24.5 Å². The van der Waals surface area contributed by atoms with E-state index in [-0.39, 0.29) is 0 Å². The zero-order valence-electron chi connectivity index (χ0n) is 12.2. The monoisotopic (exact) mass is 285 g/mol. The summed E-state index contributed by atoms with van der Waals surface area (Å²) >= 11 is 0. The Kier molecular flexibility index (Phi) is 4.61. The second kappa shape index (κ2) is 6.42. The predicted octanol–water partition coefficient (Wildman–Crippen LogP) is 2.40. The molecule has 0 bridgehead atoms. The standard InChI is InChI=1S/C16H19N3O2/c1-11(2)7-14(16(20)21)18-9-12-10-19-6-4-3-5-15(19)13(12)8-17/h3-6,10-11,14,18H,7,9H2,1-2H3,(H,20,21). The Morgan fingerprint density at radius 1 is 1.48 bits per heavy atom. The van der Waals surface area contributed by atoms with Gasteiger partial charge >= 0.3 is 5.97 Å². The molecule has 0 aliphatic carbocycles. The van der Waals surface area contributed by atoms with Gasteiger partial charge in [-0.3, -0.25) is 4.79 Å². The quantitative estimate of drug-likeness (QED) is 0.854. The minimum atomic E-state index is -0.856. The number of carboxylic acid groups (broad SMARTS) is 1. The summed E-state index contributed by atoms with van der Waals surface area (Å²) in [7, 11) is 0. The maximum absolute atomic E-state index is 11.3. The van der Waals surface area contributed by atoms with E-state index in [4.69, 9.17) is 0 Å². The first kappa shape index (κ1) is 15.1. The first-order valence-corrected chi connectivity index (χ1v) is 6.97. The number of hydrogen-bond donors (Lipinski definition) is 2. The van der Waals surface area contributed by atoms with Crippen molar-refractivity contribution in [3.63, 3.8) is 0 Å². The van der Waals surface area contributed by atoms with E-state index in [9.17, 15) is 15.2 Å². The lowest BCUT2D eigenvalue weighted by Crippen LogP contribution is -2.37. The largest absolute Gasteiger partial charge is 0.480 e. The molecule has 0 spiro atoms. The van der Waals surface area contributed by atoms with Crippen LogP contribution in [0.4, 0.5) is 0 Å². The molecule has 5 nitrogen and oxygen atoms in total. The van der Waals surface area contributed by atoms with Gasteiger partial charge in [-0.05, 0) is 24.5 Å². The summed E-state index contributed by atoms with van der Waals surface area (Å²) in [5.74, 6) is -0.562. The molecule has 0 fully saturated rings. The van der Waals surface area contributed by atoms with Crippen LogP contribution in [-0.2, 0) is 11.3 Å². The number of fused-ring (bicyclic) bond motifs is 1. The van der Waals surface area contributed by atoms with Crippen molar-refractivity contribution in [1.29, 1.82) is 5.26 Å². The molecule has 0 saturated carbocycles. The van der Waals surface area contributed by atoms with Crippen LogP contribution in [0.15, 0.2) is 30.6 Å². The van der Waals surface area contributed by atoms with Crippen LogP contribution in [0.25, 0.3) is 5.52 Å². The summed E-state index contributed by atoms with van der Waals surface area (Å²) in [6.45, 7) is 4.35. The van der Waals surface area contributed by atoms with Gasteiger partial charge in [-0.1, -0.05) is 19.9 Å². The van der Waals surface area contributed by atoms with Gasteiger partial charge in [0.25, 0.3) is 0 Å². The van der Waals surface area contributed by atoms with Crippen LogP contribution in [0.2, 0.25) is 0 Å². The number of rotatable bonds is 6. The van der Waals surface area contributed by atoms with Crippen molar-refractivity contribution in [3.8, 4) is 6.07 Å². The predicted molar refractivity (Wildman–Crippen MR) is 79.8 cm³/mol. The smallest absolute Gasteiger partial charge is 0.320 e. The molecule has 0 aliphatic heterocycles. The van der Waals surface area contributed by atoms with E-state index >= 15 is 0 Å². The Balaban J connectivity index is 2.19. The van der Waals surface area contributed by atoms with Crippen LogP contribution < -0.4 is 5.32 Å².